The Hall–Kier alpha value is -1.02. The average molecular weight is 380 g/mol. The average Bonchev–Trinajstić information content (AvgIpc) is 2.86. The molecule has 2 aromatic rings. The molecular weight excluding hydrogens is 368 g/mol. The van der Waals surface area contributed by atoms with Crippen LogP contribution >= 0.6 is 27.5 Å². The van der Waals surface area contributed by atoms with Gasteiger partial charge < -0.3 is 10.2 Å². The summed E-state index contributed by atoms with van der Waals surface area (Å²) in [6, 6.07) is 6.35. The molecule has 8 heteroatoms. The zero-order valence-corrected chi connectivity index (χ0v) is 13.4. The summed E-state index contributed by atoms with van der Waals surface area (Å²) in [5.41, 5.74) is 5.95. The Bertz CT molecular complexity index is 702. The van der Waals surface area contributed by atoms with Gasteiger partial charge in [0.05, 0.1) is 15.6 Å². The van der Waals surface area contributed by atoms with E-state index in [9.17, 15) is 8.42 Å². The fourth-order valence-electron chi connectivity index (χ4n) is 1.62. The van der Waals surface area contributed by atoms with Gasteiger partial charge in [-0.05, 0) is 40.2 Å². The number of benzene rings is 1. The first-order valence-electron chi connectivity index (χ1n) is 5.67. The maximum absolute atomic E-state index is 12.2. The minimum atomic E-state index is -3.69. The highest BCUT2D eigenvalue weighted by atomic mass is 79.9. The topological polar surface area (TPSA) is 85.3 Å². The normalized spacial score (nSPS) is 11.7. The molecule has 0 radical (unpaired) electrons. The first-order valence-corrected chi connectivity index (χ1v) is 8.32. The third kappa shape index (κ3) is 3.54. The van der Waals surface area contributed by atoms with Crippen molar-refractivity contribution in [3.05, 3.63) is 45.8 Å². The van der Waals surface area contributed by atoms with Crippen molar-refractivity contribution in [2.75, 3.05) is 12.3 Å². The SMILES string of the molecule is Nc1cc(Cl)cc(S(=O)(=O)NCCc2ccco2)c1Br. The fourth-order valence-corrected chi connectivity index (χ4v) is 3.94. The lowest BCUT2D eigenvalue weighted by Gasteiger charge is -2.10. The van der Waals surface area contributed by atoms with Crippen molar-refractivity contribution in [1.29, 1.82) is 0 Å². The monoisotopic (exact) mass is 378 g/mol. The van der Waals surface area contributed by atoms with E-state index in [0.717, 1.165) is 0 Å². The van der Waals surface area contributed by atoms with Gasteiger partial charge in [0.15, 0.2) is 0 Å². The van der Waals surface area contributed by atoms with E-state index < -0.39 is 10.0 Å². The van der Waals surface area contributed by atoms with Crippen LogP contribution in [0.1, 0.15) is 5.76 Å². The fraction of sp³-hybridized carbons (Fsp3) is 0.167. The summed E-state index contributed by atoms with van der Waals surface area (Å²) in [5.74, 6) is 0.706. The van der Waals surface area contributed by atoms with Crippen LogP contribution in [0.5, 0.6) is 0 Å². The van der Waals surface area contributed by atoms with Gasteiger partial charge in [-0.25, -0.2) is 13.1 Å². The molecule has 0 fully saturated rings. The van der Waals surface area contributed by atoms with Crippen molar-refractivity contribution in [1.82, 2.24) is 4.72 Å². The first kappa shape index (κ1) is 15.4. The lowest BCUT2D eigenvalue weighted by molar-refractivity contribution is 0.506. The Labute approximate surface area is 130 Å². The van der Waals surface area contributed by atoms with Crippen molar-refractivity contribution in [3.63, 3.8) is 0 Å². The van der Waals surface area contributed by atoms with Gasteiger partial charge in [-0.3, -0.25) is 0 Å². The second-order valence-corrected chi connectivity index (χ2v) is 7.00. The van der Waals surface area contributed by atoms with Gasteiger partial charge in [0.25, 0.3) is 0 Å². The van der Waals surface area contributed by atoms with Gasteiger partial charge in [0, 0.05) is 23.7 Å². The Morgan fingerprint density at radius 2 is 2.15 bits per heavy atom. The molecule has 1 aromatic carbocycles. The number of hydrogen-bond acceptors (Lipinski definition) is 4. The van der Waals surface area contributed by atoms with E-state index in [0.29, 0.717) is 16.7 Å². The van der Waals surface area contributed by atoms with Crippen molar-refractivity contribution >= 4 is 43.2 Å². The molecular formula is C12H12BrClN2O3S. The molecule has 0 saturated heterocycles. The van der Waals surface area contributed by atoms with Crippen LogP contribution in [0.2, 0.25) is 5.02 Å². The number of nitrogens with two attached hydrogens (primary N) is 1. The van der Waals surface area contributed by atoms with E-state index in [1.807, 2.05) is 0 Å². The summed E-state index contributed by atoms with van der Waals surface area (Å²) in [7, 11) is -3.69. The summed E-state index contributed by atoms with van der Waals surface area (Å²) in [5, 5.41) is 0.261. The van der Waals surface area contributed by atoms with Crippen molar-refractivity contribution < 1.29 is 12.8 Å². The number of anilines is 1. The Morgan fingerprint density at radius 1 is 1.40 bits per heavy atom. The van der Waals surface area contributed by atoms with E-state index >= 15 is 0 Å². The Balaban J connectivity index is 2.14. The summed E-state index contributed by atoms with van der Waals surface area (Å²) in [6.07, 6.45) is 2.00. The number of furan rings is 1. The molecule has 0 aliphatic rings. The van der Waals surface area contributed by atoms with E-state index in [2.05, 4.69) is 20.7 Å². The summed E-state index contributed by atoms with van der Waals surface area (Å²) >= 11 is 8.99. The lowest BCUT2D eigenvalue weighted by Crippen LogP contribution is -2.26. The minimum Gasteiger partial charge on any atom is -0.469 e. The van der Waals surface area contributed by atoms with Crippen LogP contribution in [-0.2, 0) is 16.4 Å². The third-order valence-corrected chi connectivity index (χ3v) is 5.42. The molecule has 20 heavy (non-hydrogen) atoms. The molecule has 108 valence electrons. The standard InChI is InChI=1S/C12H12BrClN2O3S/c13-12-10(15)6-8(14)7-11(12)20(17,18)16-4-3-9-2-1-5-19-9/h1-2,5-7,16H,3-4,15H2. The summed E-state index contributed by atoms with van der Waals surface area (Å²) < 4.78 is 32.3. The molecule has 0 spiro atoms. The van der Waals surface area contributed by atoms with Crippen molar-refractivity contribution in [2.45, 2.75) is 11.3 Å². The van der Waals surface area contributed by atoms with E-state index in [1.165, 1.54) is 18.4 Å². The number of halogens is 2. The number of nitrogens with one attached hydrogen (secondary N) is 1. The highest BCUT2D eigenvalue weighted by Crippen LogP contribution is 2.31. The van der Waals surface area contributed by atoms with E-state index in [1.54, 1.807) is 12.1 Å². The molecule has 0 aliphatic carbocycles. The molecule has 2 rings (SSSR count). The molecule has 1 aromatic heterocycles. The predicted molar refractivity (Wildman–Crippen MR) is 81.2 cm³/mol. The van der Waals surface area contributed by atoms with Crippen LogP contribution in [0, 0.1) is 0 Å². The second kappa shape index (κ2) is 6.17. The lowest BCUT2D eigenvalue weighted by atomic mass is 10.3. The third-order valence-electron chi connectivity index (χ3n) is 2.57. The number of rotatable bonds is 5. The van der Waals surface area contributed by atoms with E-state index in [4.69, 9.17) is 21.8 Å². The molecule has 1 heterocycles. The number of nitrogen functional groups attached to an aromatic ring is 1. The van der Waals surface area contributed by atoms with Gasteiger partial charge in [-0.1, -0.05) is 11.6 Å². The molecule has 0 bridgehead atoms. The van der Waals surface area contributed by atoms with E-state index in [-0.39, 0.29) is 22.2 Å². The Morgan fingerprint density at radius 3 is 2.80 bits per heavy atom. The molecule has 5 nitrogen and oxygen atoms in total. The zero-order valence-electron chi connectivity index (χ0n) is 10.3. The first-order chi connectivity index (χ1) is 9.40. The smallest absolute Gasteiger partial charge is 0.241 e. The van der Waals surface area contributed by atoms with Gasteiger partial charge in [0.1, 0.15) is 5.76 Å². The largest absolute Gasteiger partial charge is 0.469 e. The highest BCUT2D eigenvalue weighted by Gasteiger charge is 2.19. The Kier molecular flexibility index (Phi) is 4.74. The van der Waals surface area contributed by atoms with Crippen LogP contribution in [0.15, 0.2) is 44.3 Å². The highest BCUT2D eigenvalue weighted by molar-refractivity contribution is 9.10. The number of sulfonamides is 1. The molecule has 3 N–H and O–H groups in total. The van der Waals surface area contributed by atoms with Gasteiger partial charge in [-0.15, -0.1) is 0 Å². The second-order valence-electron chi connectivity index (χ2n) is 4.03. The van der Waals surface area contributed by atoms with Crippen molar-refractivity contribution in [3.8, 4) is 0 Å². The molecule has 0 unspecified atom stereocenters. The maximum atomic E-state index is 12.2. The zero-order chi connectivity index (χ0) is 14.8. The van der Waals surface area contributed by atoms with Crippen LogP contribution in [-0.4, -0.2) is 15.0 Å². The predicted octanol–water partition coefficient (Wildman–Crippen LogP) is 2.80. The number of hydrogen-bond donors (Lipinski definition) is 2. The van der Waals surface area contributed by atoms with Crippen LogP contribution in [0.25, 0.3) is 0 Å². The quantitative estimate of drug-likeness (QED) is 0.782. The summed E-state index contributed by atoms with van der Waals surface area (Å²) in [6.45, 7) is 0.217. The molecule has 0 atom stereocenters. The van der Waals surface area contributed by atoms with Gasteiger partial charge in [0.2, 0.25) is 10.0 Å². The minimum absolute atomic E-state index is 0.0157. The molecule has 0 aliphatic heterocycles. The van der Waals surface area contributed by atoms with Crippen LogP contribution in [0.3, 0.4) is 0 Å². The molecule has 0 saturated carbocycles. The van der Waals surface area contributed by atoms with Crippen LogP contribution in [0.4, 0.5) is 5.69 Å². The summed E-state index contributed by atoms with van der Waals surface area (Å²) in [4.78, 5) is 0.0157. The maximum Gasteiger partial charge on any atom is 0.241 e. The molecule has 0 amide bonds. The van der Waals surface area contributed by atoms with Gasteiger partial charge >= 0.3 is 0 Å². The van der Waals surface area contributed by atoms with Gasteiger partial charge in [-0.2, -0.15) is 0 Å². The van der Waals surface area contributed by atoms with Crippen molar-refractivity contribution in [2.24, 2.45) is 0 Å². The van der Waals surface area contributed by atoms with Crippen LogP contribution < -0.4 is 10.5 Å².